The van der Waals surface area contributed by atoms with Crippen LogP contribution in [0.1, 0.15) is 17.5 Å². The average molecular weight is 282 g/mol. The third kappa shape index (κ3) is 2.16. The number of nitrogens with one attached hydrogen (secondary N) is 1. The first-order valence-electron chi connectivity index (χ1n) is 5.60. The van der Waals surface area contributed by atoms with Crippen LogP contribution in [-0.2, 0) is 6.42 Å². The number of imidazole rings is 1. The molecule has 0 saturated heterocycles. The van der Waals surface area contributed by atoms with Crippen molar-refractivity contribution in [2.45, 2.75) is 12.5 Å². The van der Waals surface area contributed by atoms with Gasteiger partial charge in [-0.25, -0.2) is 4.98 Å². The minimum atomic E-state index is 0.0853. The smallest absolute Gasteiger partial charge is 0.193 e. The molecule has 1 atom stereocenters. The Kier molecular flexibility index (Phi) is 3.11. The molecule has 0 radical (unpaired) electrons. The molecule has 0 amide bonds. The lowest BCUT2D eigenvalue weighted by Gasteiger charge is -2.11. The van der Waals surface area contributed by atoms with Gasteiger partial charge < -0.3 is 9.73 Å². The standard InChI is InChI=1S/C12H12ClN3OS/c1-14-9(10-2-3-11(13)17-10)6-8-7-16-4-5-18-12(16)15-8/h2-5,7,9,14H,6H2,1H3. The van der Waals surface area contributed by atoms with Crippen LogP contribution in [0.4, 0.5) is 0 Å². The molecule has 0 saturated carbocycles. The Balaban J connectivity index is 1.83. The highest BCUT2D eigenvalue weighted by molar-refractivity contribution is 7.15. The van der Waals surface area contributed by atoms with Gasteiger partial charge in [0.05, 0.1) is 11.7 Å². The SMILES string of the molecule is CNC(Cc1cn2ccsc2n1)c1ccc(Cl)o1. The molecule has 0 fully saturated rings. The van der Waals surface area contributed by atoms with Crippen molar-refractivity contribution in [1.82, 2.24) is 14.7 Å². The molecule has 3 rings (SSSR count). The molecule has 94 valence electrons. The molecule has 6 heteroatoms. The third-order valence-corrected chi connectivity index (χ3v) is 3.82. The lowest BCUT2D eigenvalue weighted by Crippen LogP contribution is -2.18. The summed E-state index contributed by atoms with van der Waals surface area (Å²) < 4.78 is 7.46. The lowest BCUT2D eigenvalue weighted by atomic mass is 10.1. The van der Waals surface area contributed by atoms with Gasteiger partial charge in [-0.2, -0.15) is 0 Å². The molecule has 0 aliphatic heterocycles. The van der Waals surface area contributed by atoms with Crippen molar-refractivity contribution in [3.63, 3.8) is 0 Å². The number of fused-ring (bicyclic) bond motifs is 1. The van der Waals surface area contributed by atoms with Crippen LogP contribution in [-0.4, -0.2) is 16.4 Å². The summed E-state index contributed by atoms with van der Waals surface area (Å²) in [6.45, 7) is 0. The number of thiazole rings is 1. The largest absolute Gasteiger partial charge is 0.448 e. The van der Waals surface area contributed by atoms with Crippen LogP contribution in [0.15, 0.2) is 34.3 Å². The number of nitrogens with zero attached hydrogens (tertiary/aromatic N) is 2. The van der Waals surface area contributed by atoms with Gasteiger partial charge in [-0.3, -0.25) is 4.40 Å². The maximum absolute atomic E-state index is 5.80. The molecule has 0 spiro atoms. The Morgan fingerprint density at radius 1 is 1.56 bits per heavy atom. The first-order valence-corrected chi connectivity index (χ1v) is 6.85. The molecule has 18 heavy (non-hydrogen) atoms. The quantitative estimate of drug-likeness (QED) is 0.799. The van der Waals surface area contributed by atoms with E-state index in [9.17, 15) is 0 Å². The fraction of sp³-hybridized carbons (Fsp3) is 0.250. The molecule has 0 aromatic carbocycles. The van der Waals surface area contributed by atoms with Crippen LogP contribution in [0.3, 0.4) is 0 Å². The predicted molar refractivity (Wildman–Crippen MR) is 72.3 cm³/mol. The minimum Gasteiger partial charge on any atom is -0.448 e. The van der Waals surface area contributed by atoms with Gasteiger partial charge in [0.1, 0.15) is 5.76 Å². The first kappa shape index (κ1) is 11.8. The van der Waals surface area contributed by atoms with Gasteiger partial charge >= 0.3 is 0 Å². The summed E-state index contributed by atoms with van der Waals surface area (Å²) in [7, 11) is 1.90. The van der Waals surface area contributed by atoms with Gasteiger partial charge in [0, 0.05) is 24.2 Å². The highest BCUT2D eigenvalue weighted by Gasteiger charge is 2.16. The van der Waals surface area contributed by atoms with Gasteiger partial charge in [-0.05, 0) is 30.8 Å². The van der Waals surface area contributed by atoms with E-state index in [0.717, 1.165) is 22.8 Å². The fourth-order valence-corrected chi connectivity index (χ4v) is 2.82. The zero-order valence-corrected chi connectivity index (χ0v) is 11.3. The summed E-state index contributed by atoms with van der Waals surface area (Å²) in [5.74, 6) is 0.832. The van der Waals surface area contributed by atoms with Gasteiger partial charge in [0.2, 0.25) is 0 Å². The second-order valence-electron chi connectivity index (χ2n) is 4.01. The average Bonchev–Trinajstić information content (AvgIpc) is 3.00. The Labute approximate surface area is 113 Å². The third-order valence-electron chi connectivity index (χ3n) is 2.84. The van der Waals surface area contributed by atoms with E-state index >= 15 is 0 Å². The van der Waals surface area contributed by atoms with E-state index in [1.807, 2.05) is 35.3 Å². The predicted octanol–water partition coefficient (Wildman–Crippen LogP) is 3.15. The molecular formula is C12H12ClN3OS. The van der Waals surface area contributed by atoms with Crippen molar-refractivity contribution in [2.75, 3.05) is 7.05 Å². The van der Waals surface area contributed by atoms with E-state index in [4.69, 9.17) is 16.0 Å². The van der Waals surface area contributed by atoms with E-state index in [1.54, 1.807) is 17.4 Å². The zero-order valence-electron chi connectivity index (χ0n) is 9.76. The molecule has 1 N–H and O–H groups in total. The Hall–Kier alpha value is -1.30. The molecule has 1 unspecified atom stereocenters. The van der Waals surface area contributed by atoms with E-state index in [2.05, 4.69) is 10.3 Å². The molecule has 3 aromatic heterocycles. The highest BCUT2D eigenvalue weighted by Crippen LogP contribution is 2.23. The molecular weight excluding hydrogens is 270 g/mol. The number of halogens is 1. The summed E-state index contributed by atoms with van der Waals surface area (Å²) in [6, 6.07) is 3.73. The van der Waals surface area contributed by atoms with Gasteiger partial charge in [0.15, 0.2) is 10.2 Å². The van der Waals surface area contributed by atoms with E-state index in [1.165, 1.54) is 0 Å². The Bertz CT molecular complexity index is 628. The molecule has 0 bridgehead atoms. The minimum absolute atomic E-state index is 0.0853. The van der Waals surface area contributed by atoms with E-state index in [-0.39, 0.29) is 6.04 Å². The van der Waals surface area contributed by atoms with Gasteiger partial charge in [0.25, 0.3) is 0 Å². The first-order chi connectivity index (χ1) is 8.76. The highest BCUT2D eigenvalue weighted by atomic mass is 35.5. The zero-order chi connectivity index (χ0) is 12.5. The summed E-state index contributed by atoms with van der Waals surface area (Å²) in [5.41, 5.74) is 1.04. The number of rotatable bonds is 4. The second-order valence-corrected chi connectivity index (χ2v) is 5.26. The number of aromatic nitrogens is 2. The monoisotopic (exact) mass is 281 g/mol. The van der Waals surface area contributed by atoms with Crippen LogP contribution in [0.25, 0.3) is 4.96 Å². The van der Waals surface area contributed by atoms with Crippen LogP contribution in [0.2, 0.25) is 5.22 Å². The molecule has 0 aliphatic rings. The summed E-state index contributed by atoms with van der Waals surface area (Å²) in [5, 5.41) is 5.65. The molecule has 4 nitrogen and oxygen atoms in total. The van der Waals surface area contributed by atoms with Crippen LogP contribution < -0.4 is 5.32 Å². The van der Waals surface area contributed by atoms with Crippen molar-refractivity contribution in [3.8, 4) is 0 Å². The van der Waals surface area contributed by atoms with E-state index in [0.29, 0.717) is 5.22 Å². The van der Waals surface area contributed by atoms with Gasteiger partial charge in [-0.15, -0.1) is 11.3 Å². The lowest BCUT2D eigenvalue weighted by molar-refractivity contribution is 0.429. The van der Waals surface area contributed by atoms with Crippen molar-refractivity contribution < 1.29 is 4.42 Å². The Morgan fingerprint density at radius 2 is 2.44 bits per heavy atom. The normalized spacial score (nSPS) is 13.2. The number of hydrogen-bond acceptors (Lipinski definition) is 4. The fourth-order valence-electron chi connectivity index (χ4n) is 1.94. The molecule has 0 aliphatic carbocycles. The topological polar surface area (TPSA) is 42.5 Å². The summed E-state index contributed by atoms with van der Waals surface area (Å²) in [6.07, 6.45) is 4.82. The van der Waals surface area contributed by atoms with Gasteiger partial charge in [-0.1, -0.05) is 0 Å². The maximum atomic E-state index is 5.80. The van der Waals surface area contributed by atoms with Crippen molar-refractivity contribution in [1.29, 1.82) is 0 Å². The summed E-state index contributed by atoms with van der Waals surface area (Å²) in [4.78, 5) is 5.57. The van der Waals surface area contributed by atoms with Crippen LogP contribution in [0.5, 0.6) is 0 Å². The summed E-state index contributed by atoms with van der Waals surface area (Å²) >= 11 is 7.43. The number of furan rings is 1. The molecule has 3 aromatic rings. The second kappa shape index (κ2) is 4.76. The van der Waals surface area contributed by atoms with Crippen molar-refractivity contribution in [3.05, 3.63) is 46.6 Å². The van der Waals surface area contributed by atoms with Crippen LogP contribution in [0, 0.1) is 0 Å². The van der Waals surface area contributed by atoms with Crippen molar-refractivity contribution in [2.24, 2.45) is 0 Å². The molecule has 3 heterocycles. The maximum Gasteiger partial charge on any atom is 0.193 e. The number of hydrogen-bond donors (Lipinski definition) is 1. The number of likely N-dealkylation sites (N-methyl/N-ethyl adjacent to an activating group) is 1. The Morgan fingerprint density at radius 3 is 3.11 bits per heavy atom. The van der Waals surface area contributed by atoms with E-state index < -0.39 is 0 Å². The van der Waals surface area contributed by atoms with Crippen molar-refractivity contribution >= 4 is 27.9 Å². The van der Waals surface area contributed by atoms with Crippen LogP contribution >= 0.6 is 22.9 Å².